The predicted molar refractivity (Wildman–Crippen MR) is 140 cm³/mol. The molecule has 0 bridgehead atoms. The summed E-state index contributed by atoms with van der Waals surface area (Å²) < 4.78 is 0. The first-order chi connectivity index (χ1) is 17.1. The number of aryl methyl sites for hydroxylation is 1. The Morgan fingerprint density at radius 2 is 1.71 bits per heavy atom. The lowest BCUT2D eigenvalue weighted by atomic mass is 10.0. The molecule has 1 atom stereocenters. The maximum Gasteiger partial charge on any atom is 0.254 e. The van der Waals surface area contributed by atoms with Gasteiger partial charge in [-0.2, -0.15) is 0 Å². The third-order valence-corrected chi connectivity index (χ3v) is 6.41. The highest BCUT2D eigenvalue weighted by molar-refractivity contribution is 5.95. The van der Waals surface area contributed by atoms with Gasteiger partial charge in [-0.3, -0.25) is 4.79 Å². The molecule has 2 heterocycles. The summed E-state index contributed by atoms with van der Waals surface area (Å²) in [5.74, 6) is 0.765. The number of carbonyl (C=O) groups excluding carboxylic acids is 1. The maximum absolute atomic E-state index is 13.5. The van der Waals surface area contributed by atoms with Gasteiger partial charge in [0.05, 0.1) is 11.7 Å². The summed E-state index contributed by atoms with van der Waals surface area (Å²) in [5.41, 5.74) is 5.82. The van der Waals surface area contributed by atoms with Gasteiger partial charge in [0.1, 0.15) is 12.1 Å². The molecule has 176 valence electrons. The lowest BCUT2D eigenvalue weighted by Gasteiger charge is -2.40. The van der Waals surface area contributed by atoms with Crippen molar-refractivity contribution in [1.82, 2.24) is 19.8 Å². The van der Waals surface area contributed by atoms with Crippen molar-refractivity contribution >= 4 is 17.4 Å². The van der Waals surface area contributed by atoms with E-state index in [1.165, 1.54) is 11.1 Å². The highest BCUT2D eigenvalue weighted by Gasteiger charge is 2.30. The van der Waals surface area contributed by atoms with Gasteiger partial charge >= 0.3 is 0 Å². The van der Waals surface area contributed by atoms with Gasteiger partial charge in [-0.15, -0.1) is 0 Å². The van der Waals surface area contributed by atoms with E-state index in [0.717, 1.165) is 30.0 Å². The molecule has 4 aromatic rings. The largest absolute Gasteiger partial charge is 0.340 e. The van der Waals surface area contributed by atoms with Crippen molar-refractivity contribution in [3.63, 3.8) is 0 Å². The van der Waals surface area contributed by atoms with Crippen molar-refractivity contribution in [2.75, 3.05) is 32.0 Å². The summed E-state index contributed by atoms with van der Waals surface area (Å²) in [6, 6.07) is 28.1. The van der Waals surface area contributed by atoms with Crippen LogP contribution < -0.4 is 5.32 Å². The maximum atomic E-state index is 13.5. The molecule has 1 aliphatic rings. The Morgan fingerprint density at radius 3 is 2.49 bits per heavy atom. The molecule has 6 nitrogen and oxygen atoms in total. The Labute approximate surface area is 206 Å². The Bertz CT molecular complexity index is 1310. The summed E-state index contributed by atoms with van der Waals surface area (Å²) in [5, 5.41) is 3.33. The Morgan fingerprint density at radius 1 is 0.914 bits per heavy atom. The molecule has 5 rings (SSSR count). The number of hydrogen-bond acceptors (Lipinski definition) is 5. The fraction of sp³-hybridized carbons (Fsp3) is 0.207. The number of carbonyl (C=O) groups is 1. The molecule has 0 radical (unpaired) electrons. The van der Waals surface area contributed by atoms with Crippen molar-refractivity contribution in [1.29, 1.82) is 0 Å². The zero-order valence-electron chi connectivity index (χ0n) is 20.1. The number of likely N-dealkylation sites (N-methyl/N-ethyl adjacent to an activating group) is 1. The number of nitrogens with zero attached hydrogens (tertiary/aromatic N) is 4. The number of amides is 1. The highest BCUT2D eigenvalue weighted by atomic mass is 16.2. The smallest absolute Gasteiger partial charge is 0.254 e. The number of benzene rings is 3. The van der Waals surface area contributed by atoms with E-state index in [1.54, 1.807) is 6.33 Å². The van der Waals surface area contributed by atoms with Crippen molar-refractivity contribution in [2.45, 2.75) is 13.0 Å². The fourth-order valence-corrected chi connectivity index (χ4v) is 4.52. The van der Waals surface area contributed by atoms with Crippen LogP contribution in [0.15, 0.2) is 91.3 Å². The molecule has 1 aromatic heterocycles. The van der Waals surface area contributed by atoms with E-state index in [0.29, 0.717) is 17.9 Å². The molecule has 3 aromatic carbocycles. The van der Waals surface area contributed by atoms with E-state index < -0.39 is 0 Å². The summed E-state index contributed by atoms with van der Waals surface area (Å²) in [6.07, 6.45) is 1.56. The molecule has 35 heavy (non-hydrogen) atoms. The Hall–Kier alpha value is -4.03. The van der Waals surface area contributed by atoms with Crippen LogP contribution in [0.25, 0.3) is 11.3 Å². The molecule has 1 N–H and O–H groups in total. The zero-order valence-corrected chi connectivity index (χ0v) is 20.1. The second-order valence-corrected chi connectivity index (χ2v) is 9.05. The average molecular weight is 464 g/mol. The van der Waals surface area contributed by atoms with Gasteiger partial charge in [-0.05, 0) is 49.9 Å². The monoisotopic (exact) mass is 463 g/mol. The summed E-state index contributed by atoms with van der Waals surface area (Å²) >= 11 is 0. The molecule has 6 heteroatoms. The van der Waals surface area contributed by atoms with Crippen LogP contribution in [0, 0.1) is 6.92 Å². The fourth-order valence-electron chi connectivity index (χ4n) is 4.52. The normalized spacial score (nSPS) is 16.2. The molecule has 1 fully saturated rings. The first-order valence-electron chi connectivity index (χ1n) is 11.9. The van der Waals surface area contributed by atoms with Crippen LogP contribution in [0.1, 0.15) is 27.5 Å². The molecular weight excluding hydrogens is 434 g/mol. The topological polar surface area (TPSA) is 61.4 Å². The molecule has 0 unspecified atom stereocenters. The van der Waals surface area contributed by atoms with E-state index in [9.17, 15) is 4.79 Å². The van der Waals surface area contributed by atoms with Gasteiger partial charge in [0.2, 0.25) is 0 Å². The Balaban J connectivity index is 1.32. The zero-order chi connectivity index (χ0) is 24.2. The number of rotatable bonds is 5. The van der Waals surface area contributed by atoms with Crippen LogP contribution in [0.2, 0.25) is 0 Å². The lowest BCUT2D eigenvalue weighted by molar-refractivity contribution is 0.0498. The van der Waals surface area contributed by atoms with Gasteiger partial charge in [0, 0.05) is 42.5 Å². The molecule has 1 aliphatic heterocycles. The van der Waals surface area contributed by atoms with E-state index in [1.807, 2.05) is 65.6 Å². The highest BCUT2D eigenvalue weighted by Crippen LogP contribution is 2.27. The third-order valence-electron chi connectivity index (χ3n) is 6.41. The second kappa shape index (κ2) is 10.1. The van der Waals surface area contributed by atoms with E-state index in [2.05, 4.69) is 58.4 Å². The summed E-state index contributed by atoms with van der Waals surface area (Å²) in [7, 11) is 2.11. The number of aromatic nitrogens is 2. The SMILES string of the molecule is Cc1cccc(-c2cc(Nc3ccc(C(=O)N4CCN(C)C[C@H]4c4ccccc4)cc3)ncn2)c1. The van der Waals surface area contributed by atoms with E-state index in [-0.39, 0.29) is 11.9 Å². The molecule has 0 saturated carbocycles. The average Bonchev–Trinajstić information content (AvgIpc) is 2.89. The first kappa shape index (κ1) is 22.7. The quantitative estimate of drug-likeness (QED) is 0.434. The van der Waals surface area contributed by atoms with E-state index >= 15 is 0 Å². The first-order valence-corrected chi connectivity index (χ1v) is 11.9. The Kier molecular flexibility index (Phi) is 6.55. The molecule has 0 aliphatic carbocycles. The van der Waals surface area contributed by atoms with Crippen LogP contribution in [0.4, 0.5) is 11.5 Å². The second-order valence-electron chi connectivity index (χ2n) is 9.05. The number of hydrogen-bond donors (Lipinski definition) is 1. The predicted octanol–water partition coefficient (Wildman–Crippen LogP) is 5.32. The van der Waals surface area contributed by atoms with Crippen LogP contribution in [-0.4, -0.2) is 52.4 Å². The van der Waals surface area contributed by atoms with Gasteiger partial charge in [-0.1, -0.05) is 54.1 Å². The van der Waals surface area contributed by atoms with Gasteiger partial charge in [0.15, 0.2) is 0 Å². The van der Waals surface area contributed by atoms with Crippen molar-refractivity contribution in [2.24, 2.45) is 0 Å². The third kappa shape index (κ3) is 5.23. The minimum atomic E-state index is 0.0429. The standard InChI is InChI=1S/C29H29N5O/c1-21-7-6-10-24(17-21)26-18-28(31-20-30-26)32-25-13-11-23(12-14-25)29(35)34-16-15-33(2)19-27(34)22-8-4-3-5-9-22/h3-14,17-18,20,27H,15-16,19H2,1-2H3,(H,30,31,32)/t27-/m0/s1. The van der Waals surface area contributed by atoms with Crippen molar-refractivity contribution in [3.05, 3.63) is 108 Å². The molecule has 1 amide bonds. The summed E-state index contributed by atoms with van der Waals surface area (Å²) in [6.45, 7) is 4.46. The van der Waals surface area contributed by atoms with Crippen molar-refractivity contribution in [3.8, 4) is 11.3 Å². The number of piperazine rings is 1. The number of nitrogens with one attached hydrogen (secondary N) is 1. The van der Waals surface area contributed by atoms with Gasteiger partial charge in [0.25, 0.3) is 5.91 Å². The van der Waals surface area contributed by atoms with Crippen LogP contribution in [0.3, 0.4) is 0 Å². The molecule has 0 spiro atoms. The van der Waals surface area contributed by atoms with Crippen molar-refractivity contribution < 1.29 is 4.79 Å². The molecular formula is C29H29N5O. The van der Waals surface area contributed by atoms with Crippen LogP contribution in [0.5, 0.6) is 0 Å². The van der Waals surface area contributed by atoms with Gasteiger partial charge < -0.3 is 15.1 Å². The number of anilines is 2. The van der Waals surface area contributed by atoms with E-state index in [4.69, 9.17) is 0 Å². The van der Waals surface area contributed by atoms with Crippen LogP contribution in [-0.2, 0) is 0 Å². The summed E-state index contributed by atoms with van der Waals surface area (Å²) in [4.78, 5) is 26.5. The lowest BCUT2D eigenvalue weighted by Crippen LogP contribution is -2.49. The van der Waals surface area contributed by atoms with Crippen LogP contribution >= 0.6 is 0 Å². The minimum absolute atomic E-state index is 0.0429. The minimum Gasteiger partial charge on any atom is -0.340 e. The van der Waals surface area contributed by atoms with Gasteiger partial charge in [-0.25, -0.2) is 9.97 Å². The molecule has 1 saturated heterocycles.